The van der Waals surface area contributed by atoms with Crippen LogP contribution in [0.25, 0.3) is 10.2 Å². The molecule has 9 heteroatoms. The standard InChI is InChI=1S/C19H18N4O4S/c24-19(27-13-14-4-2-1-3-5-14)22-10-8-21(9-11-22)18-20-16-7-6-15(23(25)26)12-17(16)28-18/h1-7,12H,8-11,13H2. The molecule has 3 aromatic rings. The largest absolute Gasteiger partial charge is 0.445 e. The van der Waals surface area contributed by atoms with Crippen molar-refractivity contribution < 1.29 is 14.5 Å². The molecule has 4 rings (SSSR count). The molecule has 1 fully saturated rings. The van der Waals surface area contributed by atoms with Gasteiger partial charge in [0.25, 0.3) is 5.69 Å². The van der Waals surface area contributed by atoms with E-state index in [1.165, 1.54) is 17.4 Å². The number of nitro benzene ring substituents is 1. The van der Waals surface area contributed by atoms with E-state index in [-0.39, 0.29) is 18.4 Å². The lowest BCUT2D eigenvalue weighted by Crippen LogP contribution is -2.48. The molecule has 28 heavy (non-hydrogen) atoms. The first kappa shape index (κ1) is 18.2. The van der Waals surface area contributed by atoms with Crippen molar-refractivity contribution in [2.75, 3.05) is 31.1 Å². The minimum Gasteiger partial charge on any atom is -0.445 e. The molecular weight excluding hydrogens is 380 g/mol. The Balaban J connectivity index is 1.35. The predicted molar refractivity (Wildman–Crippen MR) is 107 cm³/mol. The van der Waals surface area contributed by atoms with Gasteiger partial charge >= 0.3 is 6.09 Å². The van der Waals surface area contributed by atoms with Gasteiger partial charge in [-0.15, -0.1) is 0 Å². The number of benzene rings is 2. The quantitative estimate of drug-likeness (QED) is 0.492. The van der Waals surface area contributed by atoms with E-state index in [2.05, 4.69) is 9.88 Å². The molecule has 0 aliphatic carbocycles. The van der Waals surface area contributed by atoms with Crippen LogP contribution in [0.5, 0.6) is 0 Å². The number of nitro groups is 1. The van der Waals surface area contributed by atoms with Gasteiger partial charge < -0.3 is 14.5 Å². The second-order valence-corrected chi connectivity index (χ2v) is 7.43. The lowest BCUT2D eigenvalue weighted by atomic mass is 10.2. The Morgan fingerprint density at radius 1 is 1.14 bits per heavy atom. The smallest absolute Gasteiger partial charge is 0.410 e. The van der Waals surface area contributed by atoms with Gasteiger partial charge in [0, 0.05) is 38.3 Å². The first-order chi connectivity index (χ1) is 13.6. The number of thiazole rings is 1. The van der Waals surface area contributed by atoms with Crippen LogP contribution in [0.1, 0.15) is 5.56 Å². The van der Waals surface area contributed by atoms with Gasteiger partial charge in [0.2, 0.25) is 0 Å². The SMILES string of the molecule is O=C(OCc1ccccc1)N1CCN(c2nc3ccc([N+](=O)[O-])cc3s2)CC1. The number of fused-ring (bicyclic) bond motifs is 1. The minimum atomic E-state index is -0.404. The molecule has 0 atom stereocenters. The third kappa shape index (κ3) is 3.89. The summed E-state index contributed by atoms with van der Waals surface area (Å²) in [6, 6.07) is 14.3. The number of nitrogens with zero attached hydrogens (tertiary/aromatic N) is 4. The second kappa shape index (κ2) is 7.81. The number of carbonyl (C=O) groups excluding carboxylic acids is 1. The van der Waals surface area contributed by atoms with E-state index in [0.29, 0.717) is 26.2 Å². The Hall–Kier alpha value is -3.20. The highest BCUT2D eigenvalue weighted by atomic mass is 32.1. The predicted octanol–water partition coefficient (Wildman–Crippen LogP) is 3.66. The van der Waals surface area contributed by atoms with Crippen LogP contribution < -0.4 is 4.90 Å². The maximum absolute atomic E-state index is 12.3. The van der Waals surface area contributed by atoms with Crippen molar-refractivity contribution in [2.45, 2.75) is 6.61 Å². The van der Waals surface area contributed by atoms with E-state index < -0.39 is 4.92 Å². The minimum absolute atomic E-state index is 0.0636. The number of hydrogen-bond acceptors (Lipinski definition) is 7. The van der Waals surface area contributed by atoms with E-state index in [0.717, 1.165) is 20.9 Å². The van der Waals surface area contributed by atoms with Crippen LogP contribution in [0.2, 0.25) is 0 Å². The van der Waals surface area contributed by atoms with E-state index >= 15 is 0 Å². The summed E-state index contributed by atoms with van der Waals surface area (Å²) in [5.41, 5.74) is 1.77. The molecule has 2 aromatic carbocycles. The summed E-state index contributed by atoms with van der Waals surface area (Å²) < 4.78 is 6.17. The van der Waals surface area contributed by atoms with Gasteiger partial charge in [-0.3, -0.25) is 10.1 Å². The molecule has 1 saturated heterocycles. The summed E-state index contributed by atoms with van der Waals surface area (Å²) in [6.45, 7) is 2.63. The van der Waals surface area contributed by atoms with E-state index in [1.807, 2.05) is 30.3 Å². The van der Waals surface area contributed by atoms with Crippen LogP contribution in [0, 0.1) is 10.1 Å². The van der Waals surface area contributed by atoms with E-state index in [4.69, 9.17) is 4.74 Å². The summed E-state index contributed by atoms with van der Waals surface area (Å²) in [4.78, 5) is 31.1. The number of amides is 1. The molecule has 1 aliphatic rings. The highest BCUT2D eigenvalue weighted by Gasteiger charge is 2.24. The molecule has 2 heterocycles. The summed E-state index contributed by atoms with van der Waals surface area (Å²) in [6.07, 6.45) is -0.316. The van der Waals surface area contributed by atoms with Crippen LogP contribution in [-0.4, -0.2) is 47.1 Å². The zero-order valence-corrected chi connectivity index (χ0v) is 15.8. The van der Waals surface area contributed by atoms with Gasteiger partial charge in [-0.25, -0.2) is 9.78 Å². The molecule has 144 valence electrons. The Labute approximate surface area is 165 Å². The average Bonchev–Trinajstić information content (AvgIpc) is 3.16. The molecule has 0 unspecified atom stereocenters. The zero-order chi connectivity index (χ0) is 19.5. The molecular formula is C19H18N4O4S. The highest BCUT2D eigenvalue weighted by molar-refractivity contribution is 7.22. The third-order valence-corrected chi connectivity index (χ3v) is 5.66. The van der Waals surface area contributed by atoms with Crippen molar-refractivity contribution in [2.24, 2.45) is 0 Å². The lowest BCUT2D eigenvalue weighted by molar-refractivity contribution is -0.384. The zero-order valence-electron chi connectivity index (χ0n) is 15.0. The molecule has 1 aromatic heterocycles. The monoisotopic (exact) mass is 398 g/mol. The number of aromatic nitrogens is 1. The summed E-state index contributed by atoms with van der Waals surface area (Å²) in [5, 5.41) is 11.7. The summed E-state index contributed by atoms with van der Waals surface area (Å²) in [5.74, 6) is 0. The van der Waals surface area contributed by atoms with Crippen LogP contribution in [0.15, 0.2) is 48.5 Å². The number of hydrogen-bond donors (Lipinski definition) is 0. The number of rotatable bonds is 4. The molecule has 0 bridgehead atoms. The molecule has 0 N–H and O–H groups in total. The summed E-state index contributed by atoms with van der Waals surface area (Å²) >= 11 is 1.43. The first-order valence-electron chi connectivity index (χ1n) is 8.86. The van der Waals surface area contributed by atoms with Gasteiger partial charge in [0.1, 0.15) is 6.61 Å². The molecule has 0 spiro atoms. The number of piperazine rings is 1. The van der Waals surface area contributed by atoms with Crippen molar-refractivity contribution in [3.8, 4) is 0 Å². The molecule has 8 nitrogen and oxygen atoms in total. The third-order valence-electron chi connectivity index (χ3n) is 4.59. The molecule has 0 radical (unpaired) electrons. The van der Waals surface area contributed by atoms with Crippen LogP contribution in [-0.2, 0) is 11.3 Å². The Morgan fingerprint density at radius 3 is 2.61 bits per heavy atom. The lowest BCUT2D eigenvalue weighted by Gasteiger charge is -2.33. The highest BCUT2D eigenvalue weighted by Crippen LogP contribution is 2.31. The van der Waals surface area contributed by atoms with E-state index in [1.54, 1.807) is 17.0 Å². The Morgan fingerprint density at radius 2 is 1.89 bits per heavy atom. The van der Waals surface area contributed by atoms with Crippen molar-refractivity contribution in [3.05, 3.63) is 64.2 Å². The van der Waals surface area contributed by atoms with Gasteiger partial charge in [-0.2, -0.15) is 0 Å². The van der Waals surface area contributed by atoms with Crippen molar-refractivity contribution in [3.63, 3.8) is 0 Å². The maximum atomic E-state index is 12.3. The van der Waals surface area contributed by atoms with Crippen molar-refractivity contribution in [1.29, 1.82) is 0 Å². The fraction of sp³-hybridized carbons (Fsp3) is 0.263. The van der Waals surface area contributed by atoms with Crippen LogP contribution in [0.3, 0.4) is 0 Å². The fourth-order valence-corrected chi connectivity index (χ4v) is 4.09. The topological polar surface area (TPSA) is 88.8 Å². The van der Waals surface area contributed by atoms with E-state index in [9.17, 15) is 14.9 Å². The second-order valence-electron chi connectivity index (χ2n) is 6.42. The first-order valence-corrected chi connectivity index (χ1v) is 9.67. The van der Waals surface area contributed by atoms with Crippen LogP contribution >= 0.6 is 11.3 Å². The number of carbonyl (C=O) groups is 1. The molecule has 0 saturated carbocycles. The fourth-order valence-electron chi connectivity index (χ4n) is 3.04. The summed E-state index contributed by atoms with van der Waals surface area (Å²) in [7, 11) is 0. The number of anilines is 1. The Bertz CT molecular complexity index is 1000. The normalized spacial score (nSPS) is 14.3. The van der Waals surface area contributed by atoms with Crippen molar-refractivity contribution in [1.82, 2.24) is 9.88 Å². The Kier molecular flexibility index (Phi) is 5.07. The molecule has 1 aliphatic heterocycles. The van der Waals surface area contributed by atoms with Crippen LogP contribution in [0.4, 0.5) is 15.6 Å². The van der Waals surface area contributed by atoms with Gasteiger partial charge in [0.15, 0.2) is 5.13 Å². The maximum Gasteiger partial charge on any atom is 0.410 e. The number of non-ortho nitro benzene ring substituents is 1. The van der Waals surface area contributed by atoms with Crippen molar-refractivity contribution >= 4 is 38.5 Å². The average molecular weight is 398 g/mol. The number of ether oxygens (including phenoxy) is 1. The molecule has 1 amide bonds. The van der Waals surface area contributed by atoms with Gasteiger partial charge in [-0.1, -0.05) is 41.7 Å². The van der Waals surface area contributed by atoms with Gasteiger partial charge in [-0.05, 0) is 11.6 Å². The van der Waals surface area contributed by atoms with Gasteiger partial charge in [0.05, 0.1) is 15.1 Å².